The van der Waals surface area contributed by atoms with Gasteiger partial charge in [-0.1, -0.05) is 26.0 Å². The summed E-state index contributed by atoms with van der Waals surface area (Å²) in [6, 6.07) is 13.2. The van der Waals surface area contributed by atoms with Gasteiger partial charge in [0.05, 0.1) is 12.2 Å². The smallest absolute Gasteiger partial charge is 0.255 e. The molecule has 1 atom stereocenters. The molecule has 31 heavy (non-hydrogen) atoms. The number of carbonyl (C=O) groups excluding carboxylic acids is 3. The first-order chi connectivity index (χ1) is 14.9. The van der Waals surface area contributed by atoms with Gasteiger partial charge >= 0.3 is 0 Å². The van der Waals surface area contributed by atoms with Crippen molar-refractivity contribution in [3.05, 3.63) is 54.1 Å². The van der Waals surface area contributed by atoms with Crippen LogP contribution in [0.15, 0.2) is 48.5 Å². The van der Waals surface area contributed by atoms with Gasteiger partial charge in [0.25, 0.3) is 5.91 Å². The third kappa shape index (κ3) is 6.07. The van der Waals surface area contributed by atoms with Crippen molar-refractivity contribution >= 4 is 29.1 Å². The third-order valence-electron chi connectivity index (χ3n) is 5.04. The second kappa shape index (κ2) is 10.1. The van der Waals surface area contributed by atoms with Crippen LogP contribution in [-0.4, -0.2) is 30.4 Å². The number of anilines is 2. The van der Waals surface area contributed by atoms with Gasteiger partial charge in [-0.15, -0.1) is 0 Å². The summed E-state index contributed by atoms with van der Waals surface area (Å²) in [6.07, 6.45) is 1.88. The zero-order valence-corrected chi connectivity index (χ0v) is 18.1. The molecule has 0 aliphatic heterocycles. The summed E-state index contributed by atoms with van der Waals surface area (Å²) >= 11 is 0. The Bertz CT molecular complexity index is 936. The van der Waals surface area contributed by atoms with E-state index in [9.17, 15) is 14.4 Å². The number of hydrogen-bond donors (Lipinski definition) is 3. The molecule has 1 aliphatic rings. The van der Waals surface area contributed by atoms with E-state index in [1.54, 1.807) is 48.5 Å². The first-order valence-electron chi connectivity index (χ1n) is 10.6. The zero-order valence-electron chi connectivity index (χ0n) is 18.1. The molecule has 2 aromatic carbocycles. The normalized spacial score (nSPS) is 13.9. The highest BCUT2D eigenvalue weighted by Crippen LogP contribution is 2.30. The molecule has 164 valence electrons. The van der Waals surface area contributed by atoms with Gasteiger partial charge in [-0.05, 0) is 62.1 Å². The highest BCUT2D eigenvalue weighted by atomic mass is 16.5. The van der Waals surface area contributed by atoms with Gasteiger partial charge < -0.3 is 20.7 Å². The molecule has 2 aromatic rings. The van der Waals surface area contributed by atoms with Crippen LogP contribution in [0.3, 0.4) is 0 Å². The summed E-state index contributed by atoms with van der Waals surface area (Å²) in [5.41, 5.74) is 1.67. The number of rotatable bonds is 9. The maximum absolute atomic E-state index is 12.9. The largest absolute Gasteiger partial charge is 0.493 e. The van der Waals surface area contributed by atoms with Crippen molar-refractivity contribution in [2.45, 2.75) is 39.7 Å². The predicted octanol–water partition coefficient (Wildman–Crippen LogP) is 3.83. The van der Waals surface area contributed by atoms with E-state index >= 15 is 0 Å². The van der Waals surface area contributed by atoms with Crippen LogP contribution in [0.4, 0.5) is 11.4 Å². The Morgan fingerprint density at radius 3 is 2.16 bits per heavy atom. The van der Waals surface area contributed by atoms with E-state index in [4.69, 9.17) is 4.74 Å². The van der Waals surface area contributed by atoms with Crippen molar-refractivity contribution in [1.29, 1.82) is 0 Å². The third-order valence-corrected chi connectivity index (χ3v) is 5.04. The van der Waals surface area contributed by atoms with Crippen molar-refractivity contribution in [3.63, 3.8) is 0 Å². The molecule has 0 unspecified atom stereocenters. The second-order valence-electron chi connectivity index (χ2n) is 7.95. The Morgan fingerprint density at radius 2 is 1.58 bits per heavy atom. The monoisotopic (exact) mass is 423 g/mol. The summed E-state index contributed by atoms with van der Waals surface area (Å²) in [7, 11) is 0. The average Bonchev–Trinajstić information content (AvgIpc) is 3.59. The van der Waals surface area contributed by atoms with Crippen molar-refractivity contribution in [2.24, 2.45) is 11.8 Å². The van der Waals surface area contributed by atoms with Crippen molar-refractivity contribution < 1.29 is 19.1 Å². The second-order valence-corrected chi connectivity index (χ2v) is 7.95. The van der Waals surface area contributed by atoms with Gasteiger partial charge in [0.15, 0.2) is 0 Å². The number of para-hydroxylation sites is 1. The first-order valence-corrected chi connectivity index (χ1v) is 10.6. The summed E-state index contributed by atoms with van der Waals surface area (Å²) in [5.74, 6) is -0.160. The number of hydrogen-bond acceptors (Lipinski definition) is 4. The Morgan fingerprint density at radius 1 is 0.968 bits per heavy atom. The van der Waals surface area contributed by atoms with Gasteiger partial charge in [-0.2, -0.15) is 0 Å². The molecule has 1 saturated carbocycles. The molecule has 0 saturated heterocycles. The zero-order chi connectivity index (χ0) is 22.4. The number of nitrogens with one attached hydrogen (secondary N) is 3. The first kappa shape index (κ1) is 22.3. The van der Waals surface area contributed by atoms with Crippen molar-refractivity contribution in [3.8, 4) is 5.75 Å². The van der Waals surface area contributed by atoms with Gasteiger partial charge in [0, 0.05) is 17.3 Å². The fraction of sp³-hybridized carbons (Fsp3) is 0.375. The number of carbonyl (C=O) groups is 3. The SMILES string of the molecule is CCOc1ccccc1C(=O)N[C@@H](C(=O)Nc1ccc(NC(=O)C2CC2)cc1)C(C)C. The molecular weight excluding hydrogens is 394 g/mol. The van der Waals surface area contributed by atoms with Crippen molar-refractivity contribution in [2.75, 3.05) is 17.2 Å². The maximum atomic E-state index is 12.9. The van der Waals surface area contributed by atoms with E-state index in [2.05, 4.69) is 16.0 Å². The summed E-state index contributed by atoms with van der Waals surface area (Å²) in [4.78, 5) is 37.5. The van der Waals surface area contributed by atoms with E-state index in [0.29, 0.717) is 29.3 Å². The lowest BCUT2D eigenvalue weighted by Crippen LogP contribution is -2.47. The molecule has 1 fully saturated rings. The lowest BCUT2D eigenvalue weighted by molar-refractivity contribution is -0.119. The highest BCUT2D eigenvalue weighted by molar-refractivity contribution is 6.02. The van der Waals surface area contributed by atoms with E-state index in [-0.39, 0.29) is 29.6 Å². The van der Waals surface area contributed by atoms with E-state index in [1.807, 2.05) is 20.8 Å². The molecule has 7 heteroatoms. The van der Waals surface area contributed by atoms with Crippen molar-refractivity contribution in [1.82, 2.24) is 5.32 Å². The van der Waals surface area contributed by atoms with Crippen LogP contribution in [0.1, 0.15) is 44.0 Å². The number of benzene rings is 2. The van der Waals surface area contributed by atoms with Crippen LogP contribution in [0.25, 0.3) is 0 Å². The van der Waals surface area contributed by atoms with Crippen LogP contribution < -0.4 is 20.7 Å². The van der Waals surface area contributed by atoms with E-state index in [1.165, 1.54) is 0 Å². The Hall–Kier alpha value is -3.35. The van der Waals surface area contributed by atoms with Gasteiger partial charge in [-0.3, -0.25) is 14.4 Å². The summed E-state index contributed by atoms with van der Waals surface area (Å²) in [5, 5.41) is 8.52. The van der Waals surface area contributed by atoms with E-state index < -0.39 is 6.04 Å². The Kier molecular flexibility index (Phi) is 7.28. The Labute approximate surface area is 182 Å². The Balaban J connectivity index is 1.63. The molecule has 3 amide bonds. The summed E-state index contributed by atoms with van der Waals surface area (Å²) in [6.45, 7) is 6.03. The lowest BCUT2D eigenvalue weighted by Gasteiger charge is -2.22. The quantitative estimate of drug-likeness (QED) is 0.571. The minimum absolute atomic E-state index is 0.0340. The average molecular weight is 424 g/mol. The summed E-state index contributed by atoms with van der Waals surface area (Å²) < 4.78 is 5.52. The van der Waals surface area contributed by atoms with Gasteiger partial charge in [0.2, 0.25) is 11.8 Å². The van der Waals surface area contributed by atoms with Crippen LogP contribution in [0.5, 0.6) is 5.75 Å². The number of amides is 3. The molecule has 1 aliphatic carbocycles. The fourth-order valence-corrected chi connectivity index (χ4v) is 3.14. The molecule has 0 bridgehead atoms. The molecule has 3 rings (SSSR count). The van der Waals surface area contributed by atoms with Crippen LogP contribution >= 0.6 is 0 Å². The maximum Gasteiger partial charge on any atom is 0.255 e. The topological polar surface area (TPSA) is 96.5 Å². The fourth-order valence-electron chi connectivity index (χ4n) is 3.14. The van der Waals surface area contributed by atoms with Crippen LogP contribution in [0.2, 0.25) is 0 Å². The van der Waals surface area contributed by atoms with Crippen LogP contribution in [-0.2, 0) is 9.59 Å². The standard InChI is InChI=1S/C24H29N3O4/c1-4-31-20-8-6-5-7-19(20)23(29)27-21(15(2)3)24(30)26-18-13-11-17(12-14-18)25-22(28)16-9-10-16/h5-8,11-16,21H,4,9-10H2,1-3H3,(H,25,28)(H,26,30)(H,27,29)/t21-/m1/s1. The van der Waals surface area contributed by atoms with E-state index in [0.717, 1.165) is 12.8 Å². The number of ether oxygens (including phenoxy) is 1. The molecule has 0 radical (unpaired) electrons. The lowest BCUT2D eigenvalue weighted by atomic mass is 10.0. The molecule has 3 N–H and O–H groups in total. The van der Waals surface area contributed by atoms with Crippen LogP contribution in [0, 0.1) is 11.8 Å². The molecular formula is C24H29N3O4. The highest BCUT2D eigenvalue weighted by Gasteiger charge is 2.29. The van der Waals surface area contributed by atoms with Gasteiger partial charge in [-0.25, -0.2) is 0 Å². The minimum Gasteiger partial charge on any atom is -0.493 e. The molecule has 0 heterocycles. The van der Waals surface area contributed by atoms with Gasteiger partial charge in [0.1, 0.15) is 11.8 Å². The molecule has 0 aromatic heterocycles. The minimum atomic E-state index is -0.726. The predicted molar refractivity (Wildman–Crippen MR) is 120 cm³/mol. The molecule has 0 spiro atoms. The molecule has 7 nitrogen and oxygen atoms in total.